The number of hydrogen-bond acceptors (Lipinski definition) is 5. The third kappa shape index (κ3) is 2.44. The van der Waals surface area contributed by atoms with Gasteiger partial charge in [0.15, 0.2) is 5.56 Å². The summed E-state index contributed by atoms with van der Waals surface area (Å²) in [7, 11) is 2.86. The minimum absolute atomic E-state index is 0.0974. The Morgan fingerprint density at radius 1 is 1.17 bits per heavy atom. The zero-order chi connectivity index (χ0) is 17.3. The van der Waals surface area contributed by atoms with Gasteiger partial charge in [0.25, 0.3) is 5.56 Å². The molecule has 0 saturated carbocycles. The van der Waals surface area contributed by atoms with Crippen LogP contribution in [0.2, 0.25) is 0 Å². The molecule has 7 nitrogen and oxygen atoms in total. The molecule has 1 aromatic carbocycles. The standard InChI is InChI=1S/C17H15N5O2/c1-21-15(13(9-18)16(23)22(2)17(21)24)20-10-14-12-6-4-3-5-11(12)7-8-19-14/h3-8,20H,10H2,1-2H3. The van der Waals surface area contributed by atoms with Crippen LogP contribution in [0.1, 0.15) is 11.3 Å². The van der Waals surface area contributed by atoms with Gasteiger partial charge in [-0.25, -0.2) is 4.79 Å². The maximum Gasteiger partial charge on any atom is 0.332 e. The maximum absolute atomic E-state index is 12.1. The molecule has 0 bridgehead atoms. The van der Waals surface area contributed by atoms with Gasteiger partial charge >= 0.3 is 5.69 Å². The Morgan fingerprint density at radius 3 is 2.67 bits per heavy atom. The van der Waals surface area contributed by atoms with Gasteiger partial charge in [-0.05, 0) is 11.5 Å². The zero-order valence-corrected chi connectivity index (χ0v) is 13.3. The van der Waals surface area contributed by atoms with Gasteiger partial charge in [0, 0.05) is 25.7 Å². The van der Waals surface area contributed by atoms with Crippen molar-refractivity contribution in [1.82, 2.24) is 14.1 Å². The first-order valence-corrected chi connectivity index (χ1v) is 7.31. The Balaban J connectivity index is 2.06. The van der Waals surface area contributed by atoms with Crippen LogP contribution in [-0.4, -0.2) is 14.1 Å². The fourth-order valence-electron chi connectivity index (χ4n) is 2.64. The van der Waals surface area contributed by atoms with Crippen LogP contribution in [0.4, 0.5) is 5.82 Å². The van der Waals surface area contributed by atoms with Gasteiger partial charge in [-0.1, -0.05) is 24.3 Å². The van der Waals surface area contributed by atoms with E-state index in [9.17, 15) is 14.9 Å². The zero-order valence-electron chi connectivity index (χ0n) is 13.3. The number of pyridine rings is 1. The number of nitriles is 1. The summed E-state index contributed by atoms with van der Waals surface area (Å²) in [6, 6.07) is 11.6. The Labute approximate surface area is 137 Å². The molecule has 0 aliphatic carbocycles. The van der Waals surface area contributed by atoms with Gasteiger partial charge in [-0.3, -0.25) is 18.9 Å². The van der Waals surface area contributed by atoms with Gasteiger partial charge in [-0.15, -0.1) is 0 Å². The number of rotatable bonds is 3. The van der Waals surface area contributed by atoms with Crippen LogP contribution in [0.3, 0.4) is 0 Å². The lowest BCUT2D eigenvalue weighted by atomic mass is 10.1. The summed E-state index contributed by atoms with van der Waals surface area (Å²) in [6.45, 7) is 0.288. The molecule has 120 valence electrons. The van der Waals surface area contributed by atoms with Crippen molar-refractivity contribution in [1.29, 1.82) is 5.26 Å². The van der Waals surface area contributed by atoms with Gasteiger partial charge < -0.3 is 5.32 Å². The summed E-state index contributed by atoms with van der Waals surface area (Å²) >= 11 is 0. The van der Waals surface area contributed by atoms with E-state index >= 15 is 0 Å². The lowest BCUT2D eigenvalue weighted by Crippen LogP contribution is -2.39. The Hall–Kier alpha value is -3.40. The smallest absolute Gasteiger partial charge is 0.332 e. The largest absolute Gasteiger partial charge is 0.364 e. The highest BCUT2D eigenvalue weighted by Crippen LogP contribution is 2.17. The van der Waals surface area contributed by atoms with Gasteiger partial charge in [0.2, 0.25) is 0 Å². The van der Waals surface area contributed by atoms with E-state index < -0.39 is 11.2 Å². The monoisotopic (exact) mass is 321 g/mol. The Kier molecular flexibility index (Phi) is 3.88. The summed E-state index contributed by atoms with van der Waals surface area (Å²) in [5.41, 5.74) is -0.439. The van der Waals surface area contributed by atoms with Crippen LogP contribution in [-0.2, 0) is 20.6 Å². The summed E-state index contributed by atoms with van der Waals surface area (Å²) in [5, 5.41) is 14.3. The summed E-state index contributed by atoms with van der Waals surface area (Å²) in [5.74, 6) is 0.195. The third-order valence-corrected chi connectivity index (χ3v) is 3.96. The van der Waals surface area contributed by atoms with Crippen LogP contribution in [0.25, 0.3) is 10.8 Å². The molecule has 0 radical (unpaired) electrons. The van der Waals surface area contributed by atoms with Crippen LogP contribution >= 0.6 is 0 Å². The van der Waals surface area contributed by atoms with E-state index in [1.165, 1.54) is 18.7 Å². The van der Waals surface area contributed by atoms with E-state index in [1.807, 2.05) is 36.4 Å². The predicted molar refractivity (Wildman–Crippen MR) is 90.7 cm³/mol. The first-order chi connectivity index (χ1) is 11.5. The second-order valence-electron chi connectivity index (χ2n) is 5.37. The van der Waals surface area contributed by atoms with Crippen molar-refractivity contribution in [3.05, 3.63) is 68.6 Å². The molecule has 0 fully saturated rings. The van der Waals surface area contributed by atoms with E-state index in [2.05, 4.69) is 10.3 Å². The van der Waals surface area contributed by atoms with Gasteiger partial charge in [0.1, 0.15) is 11.9 Å². The first kappa shape index (κ1) is 15.5. The lowest BCUT2D eigenvalue weighted by molar-refractivity contribution is 0.685. The maximum atomic E-state index is 12.1. The molecule has 7 heteroatoms. The van der Waals surface area contributed by atoms with E-state index in [1.54, 1.807) is 6.20 Å². The number of aromatic nitrogens is 3. The summed E-state index contributed by atoms with van der Waals surface area (Å²) < 4.78 is 2.17. The van der Waals surface area contributed by atoms with Crippen LogP contribution < -0.4 is 16.6 Å². The molecule has 0 aliphatic rings. The molecule has 2 aromatic heterocycles. The molecule has 3 rings (SSSR count). The normalized spacial score (nSPS) is 10.5. The molecule has 0 atom stereocenters. The highest BCUT2D eigenvalue weighted by Gasteiger charge is 2.15. The quantitative estimate of drug-likeness (QED) is 0.780. The number of benzene rings is 1. The first-order valence-electron chi connectivity index (χ1n) is 7.31. The fourth-order valence-corrected chi connectivity index (χ4v) is 2.64. The van der Waals surface area contributed by atoms with Crippen molar-refractivity contribution in [2.75, 3.05) is 5.32 Å². The molecule has 0 aliphatic heterocycles. The Morgan fingerprint density at radius 2 is 1.92 bits per heavy atom. The van der Waals surface area contributed by atoms with Crippen molar-refractivity contribution in [3.63, 3.8) is 0 Å². The van der Waals surface area contributed by atoms with Crippen molar-refractivity contribution in [3.8, 4) is 6.07 Å². The Bertz CT molecular complexity index is 1080. The van der Waals surface area contributed by atoms with Crippen LogP contribution in [0.15, 0.2) is 46.1 Å². The highest BCUT2D eigenvalue weighted by atomic mass is 16.2. The number of nitrogens with one attached hydrogen (secondary N) is 1. The molecule has 0 saturated heterocycles. The molecular weight excluding hydrogens is 306 g/mol. The van der Waals surface area contributed by atoms with E-state index in [-0.39, 0.29) is 17.9 Å². The third-order valence-electron chi connectivity index (χ3n) is 3.96. The number of anilines is 1. The molecule has 0 amide bonds. The molecule has 1 N–H and O–H groups in total. The average molecular weight is 321 g/mol. The second kappa shape index (κ2) is 6.01. The molecular formula is C17H15N5O2. The van der Waals surface area contributed by atoms with Crippen molar-refractivity contribution in [2.45, 2.75) is 6.54 Å². The molecule has 3 aromatic rings. The van der Waals surface area contributed by atoms with E-state index in [0.717, 1.165) is 21.0 Å². The molecule has 2 heterocycles. The summed E-state index contributed by atoms with van der Waals surface area (Å²) in [6.07, 6.45) is 1.70. The molecule has 0 spiro atoms. The second-order valence-corrected chi connectivity index (χ2v) is 5.37. The van der Waals surface area contributed by atoms with Crippen molar-refractivity contribution in [2.24, 2.45) is 14.1 Å². The number of fused-ring (bicyclic) bond motifs is 1. The van der Waals surface area contributed by atoms with Crippen molar-refractivity contribution < 1.29 is 0 Å². The lowest BCUT2D eigenvalue weighted by Gasteiger charge is -2.14. The van der Waals surface area contributed by atoms with E-state index in [0.29, 0.717) is 0 Å². The fraction of sp³-hybridized carbons (Fsp3) is 0.176. The number of hydrogen-bond donors (Lipinski definition) is 1. The SMILES string of the molecule is Cn1c(NCc2nccc3ccccc23)c(C#N)c(=O)n(C)c1=O. The minimum Gasteiger partial charge on any atom is -0.364 e. The van der Waals surface area contributed by atoms with E-state index in [4.69, 9.17) is 0 Å². The highest BCUT2D eigenvalue weighted by molar-refractivity contribution is 5.84. The number of nitrogens with zero attached hydrogens (tertiary/aromatic N) is 4. The molecule has 0 unspecified atom stereocenters. The topological polar surface area (TPSA) is 92.7 Å². The van der Waals surface area contributed by atoms with Gasteiger partial charge in [-0.2, -0.15) is 5.26 Å². The average Bonchev–Trinajstić information content (AvgIpc) is 2.61. The van der Waals surface area contributed by atoms with Crippen LogP contribution in [0.5, 0.6) is 0 Å². The molecule has 24 heavy (non-hydrogen) atoms. The van der Waals surface area contributed by atoms with Gasteiger partial charge in [0.05, 0.1) is 12.2 Å². The van der Waals surface area contributed by atoms with Crippen LogP contribution in [0, 0.1) is 11.3 Å². The van der Waals surface area contributed by atoms with Crippen molar-refractivity contribution >= 4 is 16.6 Å². The summed E-state index contributed by atoms with van der Waals surface area (Å²) in [4.78, 5) is 28.5. The minimum atomic E-state index is -0.617. The predicted octanol–water partition coefficient (Wildman–Crippen LogP) is 1.12.